The van der Waals surface area contributed by atoms with E-state index in [0.29, 0.717) is 10.9 Å². The number of alkyl halides is 1. The number of nitrogen functional groups attached to an aromatic ring is 1. The van der Waals surface area contributed by atoms with Gasteiger partial charge in [-0.05, 0) is 38.8 Å². The number of benzene rings is 1. The number of nitrogens with two attached hydrogens (primary N) is 1. The number of amides is 1. The third-order valence-electron chi connectivity index (χ3n) is 6.04. The van der Waals surface area contributed by atoms with Crippen LogP contribution in [0.25, 0.3) is 10.9 Å². The lowest BCUT2D eigenvalue weighted by atomic mass is 9.83. The summed E-state index contributed by atoms with van der Waals surface area (Å²) in [5.41, 5.74) is 5.73. The second-order valence-corrected chi connectivity index (χ2v) is 9.66. The van der Waals surface area contributed by atoms with E-state index in [2.05, 4.69) is 16.2 Å². The standard InChI is InChI=1S/C25H29FN6O3/c1-24(2,3)35-23(33)31-14-11-25(10-12-27,19(26)15-31)32-18-9-13-29-22(20(18)21(28)30-32)34-16-17-7-5-4-6-8-17/h4-9,13,19H,10-11,14-16H2,1-3H3,(H2,28,30)/t19-,25+/m1/s1. The van der Waals surface area contributed by atoms with Gasteiger partial charge in [-0.25, -0.2) is 14.2 Å². The lowest BCUT2D eigenvalue weighted by Crippen LogP contribution is -2.56. The Kier molecular flexibility index (Phi) is 6.52. The first-order chi connectivity index (χ1) is 16.6. The van der Waals surface area contributed by atoms with Gasteiger partial charge < -0.3 is 20.1 Å². The SMILES string of the molecule is CC(C)(C)OC(=O)N1CC[C@](CC#N)(n2nc(N)c3c(OCc4ccccc4)nccc32)[C@H](F)C1. The molecule has 4 rings (SSSR count). The van der Waals surface area contributed by atoms with E-state index < -0.39 is 23.4 Å². The van der Waals surface area contributed by atoms with Gasteiger partial charge in [-0.2, -0.15) is 10.4 Å². The number of ether oxygens (including phenoxy) is 2. The smallest absolute Gasteiger partial charge is 0.410 e. The summed E-state index contributed by atoms with van der Waals surface area (Å²) >= 11 is 0. The molecule has 3 heterocycles. The fourth-order valence-electron chi connectivity index (χ4n) is 4.32. The summed E-state index contributed by atoms with van der Waals surface area (Å²) < 4.78 is 28.7. The monoisotopic (exact) mass is 480 g/mol. The van der Waals surface area contributed by atoms with Gasteiger partial charge in [0.15, 0.2) is 5.82 Å². The average Bonchev–Trinajstić information content (AvgIpc) is 3.16. The Labute approximate surface area is 203 Å². The molecule has 35 heavy (non-hydrogen) atoms. The number of piperidine rings is 1. The van der Waals surface area contributed by atoms with Gasteiger partial charge in [0.25, 0.3) is 0 Å². The Balaban J connectivity index is 1.66. The van der Waals surface area contributed by atoms with E-state index in [0.717, 1.165) is 5.56 Å². The number of rotatable bonds is 5. The lowest BCUT2D eigenvalue weighted by Gasteiger charge is -2.43. The van der Waals surface area contributed by atoms with Gasteiger partial charge in [0.05, 0.1) is 24.6 Å². The molecular formula is C25H29FN6O3. The van der Waals surface area contributed by atoms with Crippen LogP contribution in [0.5, 0.6) is 5.88 Å². The zero-order chi connectivity index (χ0) is 25.2. The van der Waals surface area contributed by atoms with E-state index in [1.807, 2.05) is 30.3 Å². The lowest BCUT2D eigenvalue weighted by molar-refractivity contribution is -0.0166. The number of aromatic nitrogens is 3. The molecule has 2 aromatic heterocycles. The number of carbonyl (C=O) groups excluding carboxylic acids is 1. The normalized spacial score (nSPS) is 20.4. The summed E-state index contributed by atoms with van der Waals surface area (Å²) in [6.07, 6.45) is -0.595. The Morgan fingerprint density at radius 3 is 2.71 bits per heavy atom. The minimum Gasteiger partial charge on any atom is -0.472 e. The van der Waals surface area contributed by atoms with E-state index in [1.54, 1.807) is 33.0 Å². The van der Waals surface area contributed by atoms with E-state index in [1.165, 1.54) is 9.58 Å². The van der Waals surface area contributed by atoms with Gasteiger partial charge in [0.2, 0.25) is 5.88 Å². The highest BCUT2D eigenvalue weighted by Gasteiger charge is 2.48. The number of halogens is 1. The van der Waals surface area contributed by atoms with E-state index >= 15 is 4.39 Å². The number of pyridine rings is 1. The van der Waals surface area contributed by atoms with Crippen molar-refractivity contribution in [3.8, 4) is 11.9 Å². The molecule has 2 atom stereocenters. The van der Waals surface area contributed by atoms with Crippen LogP contribution in [-0.2, 0) is 16.9 Å². The van der Waals surface area contributed by atoms with E-state index in [9.17, 15) is 10.1 Å². The van der Waals surface area contributed by atoms with Crippen molar-refractivity contribution in [2.45, 2.75) is 57.5 Å². The second-order valence-electron chi connectivity index (χ2n) is 9.66. The molecular weight excluding hydrogens is 451 g/mol. The number of hydrogen-bond donors (Lipinski definition) is 1. The van der Waals surface area contributed by atoms with Crippen LogP contribution in [0.1, 0.15) is 39.2 Å². The second kappa shape index (κ2) is 9.41. The predicted octanol–water partition coefficient (Wildman–Crippen LogP) is 4.18. The van der Waals surface area contributed by atoms with Crippen LogP contribution in [0, 0.1) is 11.3 Å². The average molecular weight is 481 g/mol. The third kappa shape index (κ3) is 4.85. The van der Waals surface area contributed by atoms with Crippen molar-refractivity contribution < 1.29 is 18.7 Å². The number of anilines is 1. The van der Waals surface area contributed by atoms with Gasteiger partial charge in [-0.1, -0.05) is 30.3 Å². The Hall–Kier alpha value is -3.87. The zero-order valence-corrected chi connectivity index (χ0v) is 20.1. The molecule has 1 saturated heterocycles. The van der Waals surface area contributed by atoms with Crippen LogP contribution in [0.4, 0.5) is 15.0 Å². The van der Waals surface area contributed by atoms with Crippen molar-refractivity contribution in [1.29, 1.82) is 5.26 Å². The maximum Gasteiger partial charge on any atom is 0.410 e. The first-order valence-electron chi connectivity index (χ1n) is 11.4. The molecule has 3 aromatic rings. The van der Waals surface area contributed by atoms with Gasteiger partial charge in [-0.15, -0.1) is 0 Å². The summed E-state index contributed by atoms with van der Waals surface area (Å²) in [5, 5.41) is 14.5. The molecule has 0 radical (unpaired) electrons. The Bertz CT molecular complexity index is 1250. The molecule has 0 spiro atoms. The first-order valence-corrected chi connectivity index (χ1v) is 11.4. The molecule has 0 unspecified atom stereocenters. The van der Waals surface area contributed by atoms with Crippen molar-refractivity contribution >= 4 is 22.8 Å². The molecule has 184 valence electrons. The molecule has 1 aliphatic heterocycles. The van der Waals surface area contributed by atoms with E-state index in [-0.39, 0.29) is 44.2 Å². The number of likely N-dealkylation sites (tertiary alicyclic amines) is 1. The minimum atomic E-state index is -1.58. The van der Waals surface area contributed by atoms with Crippen LogP contribution in [0.3, 0.4) is 0 Å². The minimum absolute atomic E-state index is 0.134. The molecule has 1 fully saturated rings. The highest BCUT2D eigenvalue weighted by Crippen LogP contribution is 2.40. The predicted molar refractivity (Wildman–Crippen MR) is 128 cm³/mol. The highest BCUT2D eigenvalue weighted by atomic mass is 19.1. The maximum atomic E-state index is 15.9. The van der Waals surface area contributed by atoms with Crippen molar-refractivity contribution in [3.63, 3.8) is 0 Å². The maximum absolute atomic E-state index is 15.9. The number of hydrogen-bond acceptors (Lipinski definition) is 7. The molecule has 2 N–H and O–H groups in total. The van der Waals surface area contributed by atoms with Crippen LogP contribution in [0.15, 0.2) is 42.6 Å². The summed E-state index contributed by atoms with van der Waals surface area (Å²) in [5.74, 6) is 0.416. The van der Waals surface area contributed by atoms with Crippen LogP contribution < -0.4 is 10.5 Å². The molecule has 10 heteroatoms. The molecule has 0 aliphatic carbocycles. The third-order valence-corrected chi connectivity index (χ3v) is 6.04. The Morgan fingerprint density at radius 2 is 2.06 bits per heavy atom. The number of fused-ring (bicyclic) bond motifs is 1. The molecule has 1 amide bonds. The molecule has 0 saturated carbocycles. The zero-order valence-electron chi connectivity index (χ0n) is 20.1. The fourth-order valence-corrected chi connectivity index (χ4v) is 4.32. The topological polar surface area (TPSA) is 119 Å². The number of carbonyl (C=O) groups is 1. The summed E-state index contributed by atoms with van der Waals surface area (Å²) in [7, 11) is 0. The molecule has 1 aromatic carbocycles. The number of nitriles is 1. The molecule has 0 bridgehead atoms. The molecule has 9 nitrogen and oxygen atoms in total. The quantitative estimate of drug-likeness (QED) is 0.582. The highest BCUT2D eigenvalue weighted by molar-refractivity contribution is 5.93. The van der Waals surface area contributed by atoms with Gasteiger partial charge in [0.1, 0.15) is 29.3 Å². The van der Waals surface area contributed by atoms with Crippen LogP contribution >= 0.6 is 0 Å². The summed E-state index contributed by atoms with van der Waals surface area (Å²) in [4.78, 5) is 18.2. The van der Waals surface area contributed by atoms with Crippen LogP contribution in [0.2, 0.25) is 0 Å². The van der Waals surface area contributed by atoms with E-state index in [4.69, 9.17) is 15.2 Å². The number of nitrogens with zero attached hydrogens (tertiary/aromatic N) is 5. The van der Waals surface area contributed by atoms with Gasteiger partial charge >= 0.3 is 6.09 Å². The van der Waals surface area contributed by atoms with Crippen LogP contribution in [-0.4, -0.2) is 50.6 Å². The van der Waals surface area contributed by atoms with Gasteiger partial charge in [0, 0.05) is 12.7 Å². The van der Waals surface area contributed by atoms with Gasteiger partial charge in [-0.3, -0.25) is 4.68 Å². The largest absolute Gasteiger partial charge is 0.472 e. The van der Waals surface area contributed by atoms with Crippen molar-refractivity contribution in [3.05, 3.63) is 48.2 Å². The molecule has 1 aliphatic rings. The van der Waals surface area contributed by atoms with Crippen molar-refractivity contribution in [2.75, 3.05) is 18.8 Å². The summed E-state index contributed by atoms with van der Waals surface area (Å²) in [6.45, 7) is 5.53. The summed E-state index contributed by atoms with van der Waals surface area (Å²) in [6, 6.07) is 13.4. The van der Waals surface area contributed by atoms with Crippen molar-refractivity contribution in [1.82, 2.24) is 19.7 Å². The fraction of sp³-hybridized carbons (Fsp3) is 0.440. The Morgan fingerprint density at radius 1 is 1.31 bits per heavy atom. The van der Waals surface area contributed by atoms with Crippen molar-refractivity contribution in [2.24, 2.45) is 0 Å². The first kappa shape index (κ1) is 24.3.